The van der Waals surface area contributed by atoms with Gasteiger partial charge in [-0.2, -0.15) is 0 Å². The van der Waals surface area contributed by atoms with Gasteiger partial charge in [0.15, 0.2) is 0 Å². The lowest BCUT2D eigenvalue weighted by molar-refractivity contribution is -0.128. The van der Waals surface area contributed by atoms with E-state index in [2.05, 4.69) is 20.8 Å². The molecule has 0 spiro atoms. The molecule has 1 heteroatoms. The zero-order valence-electron chi connectivity index (χ0n) is 9.18. The third-order valence-corrected chi connectivity index (χ3v) is 3.65. The molecule has 3 unspecified atom stereocenters. The number of rotatable bonds is 3. The molecule has 0 aromatic heterocycles. The lowest BCUT2D eigenvalue weighted by Crippen LogP contribution is -2.32. The van der Waals surface area contributed by atoms with E-state index in [0.717, 1.165) is 12.8 Å². The number of carbonyl (C=O) groups excluding carboxylic acids is 1. The van der Waals surface area contributed by atoms with Gasteiger partial charge in [0, 0.05) is 12.3 Å². The van der Waals surface area contributed by atoms with Gasteiger partial charge in [0.25, 0.3) is 0 Å². The van der Waals surface area contributed by atoms with Crippen molar-refractivity contribution >= 4 is 5.78 Å². The van der Waals surface area contributed by atoms with Crippen LogP contribution >= 0.6 is 0 Å². The Hall–Kier alpha value is -0.330. The summed E-state index contributed by atoms with van der Waals surface area (Å²) in [7, 11) is 0. The van der Waals surface area contributed by atoms with E-state index in [1.165, 1.54) is 19.3 Å². The molecule has 0 aliphatic heterocycles. The Morgan fingerprint density at radius 1 is 1.15 bits per heavy atom. The van der Waals surface area contributed by atoms with Gasteiger partial charge in [0.2, 0.25) is 0 Å². The Kier molecular flexibility index (Phi) is 3.95. The fourth-order valence-electron chi connectivity index (χ4n) is 2.70. The van der Waals surface area contributed by atoms with Crippen LogP contribution in [0.25, 0.3) is 0 Å². The molecule has 0 radical (unpaired) electrons. The molecule has 1 rings (SSSR count). The fraction of sp³-hybridized carbons (Fsp3) is 0.917. The highest BCUT2D eigenvalue weighted by Gasteiger charge is 2.33. The van der Waals surface area contributed by atoms with E-state index in [4.69, 9.17) is 0 Å². The molecular weight excluding hydrogens is 160 g/mol. The van der Waals surface area contributed by atoms with Crippen LogP contribution in [0.2, 0.25) is 0 Å². The summed E-state index contributed by atoms with van der Waals surface area (Å²) in [4.78, 5) is 11.8. The minimum Gasteiger partial charge on any atom is -0.299 e. The van der Waals surface area contributed by atoms with Crippen LogP contribution in [0.15, 0.2) is 0 Å². The molecule has 76 valence electrons. The van der Waals surface area contributed by atoms with E-state index in [-0.39, 0.29) is 0 Å². The number of hydrogen-bond donors (Lipinski definition) is 0. The van der Waals surface area contributed by atoms with Gasteiger partial charge in [-0.3, -0.25) is 4.79 Å². The molecule has 1 aliphatic carbocycles. The zero-order valence-corrected chi connectivity index (χ0v) is 9.18. The summed E-state index contributed by atoms with van der Waals surface area (Å²) in [6.07, 6.45) is 5.55. The minimum absolute atomic E-state index is 0.382. The largest absolute Gasteiger partial charge is 0.299 e. The molecule has 0 bridgehead atoms. The van der Waals surface area contributed by atoms with Crippen molar-refractivity contribution in [3.05, 3.63) is 0 Å². The first-order valence-electron chi connectivity index (χ1n) is 5.75. The van der Waals surface area contributed by atoms with Crippen molar-refractivity contribution in [2.75, 3.05) is 0 Å². The van der Waals surface area contributed by atoms with Crippen molar-refractivity contribution in [3.8, 4) is 0 Å². The van der Waals surface area contributed by atoms with Crippen molar-refractivity contribution in [1.29, 1.82) is 0 Å². The Labute approximate surface area is 81.9 Å². The quantitative estimate of drug-likeness (QED) is 0.653. The second-order valence-corrected chi connectivity index (χ2v) is 4.36. The second kappa shape index (κ2) is 4.78. The van der Waals surface area contributed by atoms with Gasteiger partial charge in [0.1, 0.15) is 5.78 Å². The van der Waals surface area contributed by atoms with Crippen molar-refractivity contribution < 1.29 is 4.79 Å². The zero-order chi connectivity index (χ0) is 9.84. The molecule has 3 atom stereocenters. The maximum Gasteiger partial charge on any atom is 0.136 e. The van der Waals surface area contributed by atoms with E-state index in [0.29, 0.717) is 23.5 Å². The van der Waals surface area contributed by atoms with Crippen LogP contribution in [0.4, 0.5) is 0 Å². The number of ketones is 1. The molecule has 0 aromatic carbocycles. The van der Waals surface area contributed by atoms with Gasteiger partial charge in [-0.1, -0.05) is 33.6 Å². The second-order valence-electron chi connectivity index (χ2n) is 4.36. The van der Waals surface area contributed by atoms with E-state index >= 15 is 0 Å². The number of Topliss-reactive ketones (excluding diaryl/α,β-unsaturated/α-hetero) is 1. The van der Waals surface area contributed by atoms with Crippen LogP contribution in [0.3, 0.4) is 0 Å². The first-order chi connectivity index (χ1) is 6.22. The molecule has 0 amide bonds. The SMILES string of the molecule is CCC1CC(=O)C(CC)C(CC)C1. The van der Waals surface area contributed by atoms with Crippen LogP contribution in [0.1, 0.15) is 52.9 Å². The summed E-state index contributed by atoms with van der Waals surface area (Å²) < 4.78 is 0. The standard InChI is InChI=1S/C12H22O/c1-4-9-7-10(5-2)11(6-3)12(13)8-9/h9-11H,4-8H2,1-3H3. The van der Waals surface area contributed by atoms with Crippen molar-refractivity contribution in [3.63, 3.8) is 0 Å². The van der Waals surface area contributed by atoms with Crippen LogP contribution in [0.5, 0.6) is 0 Å². The summed E-state index contributed by atoms with van der Waals surface area (Å²) in [5.74, 6) is 2.27. The Morgan fingerprint density at radius 2 is 1.85 bits per heavy atom. The number of hydrogen-bond acceptors (Lipinski definition) is 1. The maximum absolute atomic E-state index is 11.8. The van der Waals surface area contributed by atoms with Crippen LogP contribution in [-0.4, -0.2) is 5.78 Å². The predicted molar refractivity (Wildman–Crippen MR) is 55.6 cm³/mol. The summed E-state index contributed by atoms with van der Waals surface area (Å²) in [5.41, 5.74) is 0. The lowest BCUT2D eigenvalue weighted by atomic mass is 9.70. The molecule has 0 saturated heterocycles. The average Bonchev–Trinajstić information content (AvgIpc) is 2.16. The topological polar surface area (TPSA) is 17.1 Å². The van der Waals surface area contributed by atoms with Crippen LogP contribution < -0.4 is 0 Å². The first-order valence-corrected chi connectivity index (χ1v) is 5.75. The summed E-state index contributed by atoms with van der Waals surface area (Å²) in [6, 6.07) is 0. The molecule has 1 aliphatic rings. The normalized spacial score (nSPS) is 35.0. The smallest absolute Gasteiger partial charge is 0.136 e. The highest BCUT2D eigenvalue weighted by Crippen LogP contribution is 2.36. The van der Waals surface area contributed by atoms with Gasteiger partial charge < -0.3 is 0 Å². The molecule has 0 aromatic rings. The van der Waals surface area contributed by atoms with E-state index in [9.17, 15) is 4.79 Å². The molecule has 1 saturated carbocycles. The monoisotopic (exact) mass is 182 g/mol. The lowest BCUT2D eigenvalue weighted by Gasteiger charge is -2.33. The van der Waals surface area contributed by atoms with Crippen molar-refractivity contribution in [1.82, 2.24) is 0 Å². The third-order valence-electron chi connectivity index (χ3n) is 3.65. The first kappa shape index (κ1) is 10.7. The fourth-order valence-corrected chi connectivity index (χ4v) is 2.70. The third kappa shape index (κ3) is 2.32. The molecule has 0 heterocycles. The van der Waals surface area contributed by atoms with Crippen molar-refractivity contribution in [2.45, 2.75) is 52.9 Å². The molecular formula is C12H22O. The van der Waals surface area contributed by atoms with E-state index in [1.807, 2.05) is 0 Å². The van der Waals surface area contributed by atoms with Gasteiger partial charge in [-0.25, -0.2) is 0 Å². The Balaban J connectivity index is 2.62. The Bertz CT molecular complexity index is 174. The van der Waals surface area contributed by atoms with Crippen LogP contribution in [-0.2, 0) is 4.79 Å². The highest BCUT2D eigenvalue weighted by atomic mass is 16.1. The van der Waals surface area contributed by atoms with Gasteiger partial charge in [-0.05, 0) is 24.7 Å². The molecule has 1 fully saturated rings. The van der Waals surface area contributed by atoms with Crippen molar-refractivity contribution in [2.24, 2.45) is 17.8 Å². The predicted octanol–water partition coefficient (Wildman–Crippen LogP) is 3.43. The van der Waals surface area contributed by atoms with E-state index in [1.54, 1.807) is 0 Å². The number of carbonyl (C=O) groups is 1. The average molecular weight is 182 g/mol. The summed E-state index contributed by atoms with van der Waals surface area (Å²) in [5, 5.41) is 0. The van der Waals surface area contributed by atoms with E-state index < -0.39 is 0 Å². The van der Waals surface area contributed by atoms with Crippen LogP contribution in [0, 0.1) is 17.8 Å². The summed E-state index contributed by atoms with van der Waals surface area (Å²) in [6.45, 7) is 6.58. The van der Waals surface area contributed by atoms with Gasteiger partial charge in [-0.15, -0.1) is 0 Å². The minimum atomic E-state index is 0.382. The maximum atomic E-state index is 11.8. The molecule has 13 heavy (non-hydrogen) atoms. The molecule has 1 nitrogen and oxygen atoms in total. The summed E-state index contributed by atoms with van der Waals surface area (Å²) >= 11 is 0. The highest BCUT2D eigenvalue weighted by molar-refractivity contribution is 5.82. The van der Waals surface area contributed by atoms with Gasteiger partial charge >= 0.3 is 0 Å². The Morgan fingerprint density at radius 3 is 2.31 bits per heavy atom. The molecule has 0 N–H and O–H groups in total. The van der Waals surface area contributed by atoms with Gasteiger partial charge in [0.05, 0.1) is 0 Å².